The highest BCUT2D eigenvalue weighted by molar-refractivity contribution is 5.93. The number of hydrogen-bond donors (Lipinski definition) is 1. The van der Waals surface area contributed by atoms with Gasteiger partial charge in [0.05, 0.1) is 12.7 Å². The molecule has 1 rings (SSSR count). The Morgan fingerprint density at radius 2 is 2.11 bits per heavy atom. The second-order valence-corrected chi connectivity index (χ2v) is 3.85. The van der Waals surface area contributed by atoms with E-state index in [9.17, 15) is 14.4 Å². The van der Waals surface area contributed by atoms with Crippen molar-refractivity contribution in [1.82, 2.24) is 9.88 Å². The molecule has 1 amide bonds. The molecule has 0 saturated carbocycles. The third-order valence-electron chi connectivity index (χ3n) is 2.48. The Bertz CT molecular complexity index is 461. The molecule has 6 heteroatoms. The van der Waals surface area contributed by atoms with Gasteiger partial charge in [-0.2, -0.15) is 0 Å². The van der Waals surface area contributed by atoms with Crippen molar-refractivity contribution in [2.75, 3.05) is 20.7 Å². The Morgan fingerprint density at radius 1 is 1.39 bits per heavy atom. The molecule has 0 aromatic carbocycles. The molecule has 0 aliphatic heterocycles. The number of hydrogen-bond acceptors (Lipinski definition) is 4. The summed E-state index contributed by atoms with van der Waals surface area (Å²) in [7, 11) is 2.97. The van der Waals surface area contributed by atoms with Crippen molar-refractivity contribution in [2.24, 2.45) is 0 Å². The van der Waals surface area contributed by atoms with E-state index in [1.165, 1.54) is 30.3 Å². The molecule has 0 atom stereocenters. The smallest absolute Gasteiger partial charge is 0.305 e. The highest BCUT2D eigenvalue weighted by Gasteiger charge is 2.11. The zero-order valence-electron chi connectivity index (χ0n) is 10.4. The largest absolute Gasteiger partial charge is 0.469 e. The number of rotatable bonds is 5. The first-order valence-electron chi connectivity index (χ1n) is 5.55. The first-order chi connectivity index (χ1) is 8.54. The Balaban J connectivity index is 2.49. The molecule has 1 heterocycles. The molecule has 0 saturated heterocycles. The molecular formula is C12H16N2O4. The van der Waals surface area contributed by atoms with Gasteiger partial charge in [0.15, 0.2) is 0 Å². The lowest BCUT2D eigenvalue weighted by Crippen LogP contribution is -2.28. The van der Waals surface area contributed by atoms with Crippen molar-refractivity contribution >= 4 is 11.9 Å². The first-order valence-corrected chi connectivity index (χ1v) is 5.55. The molecule has 1 aromatic heterocycles. The predicted octanol–water partition coefficient (Wildman–Crippen LogP) is 0.400. The van der Waals surface area contributed by atoms with Gasteiger partial charge in [0.25, 0.3) is 5.91 Å². The van der Waals surface area contributed by atoms with Crippen LogP contribution in [-0.2, 0) is 9.53 Å². The van der Waals surface area contributed by atoms with E-state index >= 15 is 0 Å². The van der Waals surface area contributed by atoms with Gasteiger partial charge in [0, 0.05) is 32.3 Å². The molecular weight excluding hydrogens is 236 g/mol. The van der Waals surface area contributed by atoms with Crippen LogP contribution in [0.5, 0.6) is 0 Å². The third-order valence-corrected chi connectivity index (χ3v) is 2.48. The molecule has 0 radical (unpaired) electrons. The fraction of sp³-hybridized carbons (Fsp3) is 0.417. The minimum absolute atomic E-state index is 0.198. The van der Waals surface area contributed by atoms with Gasteiger partial charge in [-0.3, -0.25) is 14.4 Å². The summed E-state index contributed by atoms with van der Waals surface area (Å²) >= 11 is 0. The van der Waals surface area contributed by atoms with Crippen molar-refractivity contribution in [1.29, 1.82) is 0 Å². The average Bonchev–Trinajstić information content (AvgIpc) is 2.38. The van der Waals surface area contributed by atoms with Gasteiger partial charge in [0.2, 0.25) is 5.56 Å². The number of carbonyl (C=O) groups excluding carboxylic acids is 2. The van der Waals surface area contributed by atoms with Gasteiger partial charge in [-0.25, -0.2) is 0 Å². The minimum Gasteiger partial charge on any atom is -0.469 e. The Morgan fingerprint density at radius 3 is 2.67 bits per heavy atom. The molecule has 0 bridgehead atoms. The van der Waals surface area contributed by atoms with Gasteiger partial charge in [-0.15, -0.1) is 0 Å². The zero-order chi connectivity index (χ0) is 13.5. The van der Waals surface area contributed by atoms with Crippen molar-refractivity contribution < 1.29 is 14.3 Å². The number of methoxy groups -OCH3 is 1. The number of aromatic nitrogens is 1. The summed E-state index contributed by atoms with van der Waals surface area (Å²) in [4.78, 5) is 37.6. The van der Waals surface area contributed by atoms with Crippen LogP contribution in [0.3, 0.4) is 0 Å². The molecule has 1 N–H and O–H groups in total. The third kappa shape index (κ3) is 4.04. The second-order valence-electron chi connectivity index (χ2n) is 3.85. The number of H-pyrrole nitrogens is 1. The van der Waals surface area contributed by atoms with Crippen molar-refractivity contribution in [3.63, 3.8) is 0 Å². The molecule has 0 spiro atoms. The molecule has 18 heavy (non-hydrogen) atoms. The number of nitrogens with zero attached hydrogens (tertiary/aromatic N) is 1. The van der Waals surface area contributed by atoms with E-state index in [-0.39, 0.29) is 23.9 Å². The molecule has 0 unspecified atom stereocenters. The highest BCUT2D eigenvalue weighted by Crippen LogP contribution is 2.02. The van der Waals surface area contributed by atoms with Crippen LogP contribution in [0, 0.1) is 0 Å². The van der Waals surface area contributed by atoms with Crippen molar-refractivity contribution in [3.05, 3.63) is 34.2 Å². The number of nitrogens with one attached hydrogen (secondary N) is 1. The lowest BCUT2D eigenvalue weighted by atomic mass is 10.2. The Hall–Kier alpha value is -2.11. The monoisotopic (exact) mass is 252 g/mol. The maximum atomic E-state index is 11.9. The van der Waals surface area contributed by atoms with Crippen molar-refractivity contribution in [2.45, 2.75) is 12.8 Å². The second kappa shape index (κ2) is 6.58. The summed E-state index contributed by atoms with van der Waals surface area (Å²) in [6, 6.07) is 2.77. The van der Waals surface area contributed by atoms with E-state index in [1.54, 1.807) is 7.05 Å². The van der Waals surface area contributed by atoms with Crippen LogP contribution in [-0.4, -0.2) is 42.5 Å². The van der Waals surface area contributed by atoms with Crippen LogP contribution in [0.25, 0.3) is 0 Å². The number of carbonyl (C=O) groups is 2. The molecule has 0 fully saturated rings. The van der Waals surface area contributed by atoms with Crippen LogP contribution in [0.15, 0.2) is 23.1 Å². The lowest BCUT2D eigenvalue weighted by Gasteiger charge is -2.16. The van der Waals surface area contributed by atoms with Gasteiger partial charge in [-0.1, -0.05) is 0 Å². The lowest BCUT2D eigenvalue weighted by molar-refractivity contribution is -0.140. The Labute approximate surface area is 105 Å². The van der Waals surface area contributed by atoms with Crippen LogP contribution in [0.2, 0.25) is 0 Å². The summed E-state index contributed by atoms with van der Waals surface area (Å²) in [5.74, 6) is -0.490. The number of amides is 1. The number of esters is 1. The standard InChI is InChI=1S/C12H16N2O4/c1-14(7-3-4-11(16)18-2)12(17)9-5-6-10(15)13-8-9/h5-6,8H,3-4,7H2,1-2H3,(H,13,15). The van der Waals surface area contributed by atoms with E-state index < -0.39 is 0 Å². The molecule has 1 aromatic rings. The fourth-order valence-electron chi connectivity index (χ4n) is 1.43. The summed E-state index contributed by atoms with van der Waals surface area (Å²) in [5, 5.41) is 0. The van der Waals surface area contributed by atoms with Crippen LogP contribution in [0.1, 0.15) is 23.2 Å². The van der Waals surface area contributed by atoms with E-state index in [2.05, 4.69) is 9.72 Å². The number of pyridine rings is 1. The molecule has 0 aliphatic carbocycles. The molecule has 98 valence electrons. The predicted molar refractivity (Wildman–Crippen MR) is 65.3 cm³/mol. The van der Waals surface area contributed by atoms with Gasteiger partial charge < -0.3 is 14.6 Å². The van der Waals surface area contributed by atoms with Gasteiger partial charge >= 0.3 is 5.97 Å². The topological polar surface area (TPSA) is 79.5 Å². The first kappa shape index (κ1) is 14.0. The number of ether oxygens (including phenoxy) is 1. The SMILES string of the molecule is COC(=O)CCCN(C)C(=O)c1ccc(=O)[nH]c1. The van der Waals surface area contributed by atoms with E-state index in [0.29, 0.717) is 18.5 Å². The number of aromatic amines is 1. The highest BCUT2D eigenvalue weighted by atomic mass is 16.5. The van der Waals surface area contributed by atoms with E-state index in [4.69, 9.17) is 0 Å². The van der Waals surface area contributed by atoms with Crippen LogP contribution >= 0.6 is 0 Å². The van der Waals surface area contributed by atoms with Gasteiger partial charge in [0.1, 0.15) is 0 Å². The average molecular weight is 252 g/mol. The Kier molecular flexibility index (Phi) is 5.10. The minimum atomic E-state index is -0.292. The van der Waals surface area contributed by atoms with E-state index in [1.807, 2.05) is 0 Å². The summed E-state index contributed by atoms with van der Waals surface area (Å²) in [5.41, 5.74) is 0.162. The molecule has 0 aliphatic rings. The normalized spacial score (nSPS) is 9.89. The summed E-state index contributed by atoms with van der Waals surface area (Å²) in [6.45, 7) is 0.451. The fourth-order valence-corrected chi connectivity index (χ4v) is 1.43. The maximum absolute atomic E-state index is 11.9. The van der Waals surface area contributed by atoms with Crippen LogP contribution in [0.4, 0.5) is 0 Å². The molecule has 6 nitrogen and oxygen atoms in total. The zero-order valence-corrected chi connectivity index (χ0v) is 10.4. The maximum Gasteiger partial charge on any atom is 0.305 e. The van der Waals surface area contributed by atoms with Gasteiger partial charge in [-0.05, 0) is 12.5 Å². The van der Waals surface area contributed by atoms with Crippen molar-refractivity contribution in [3.8, 4) is 0 Å². The quantitative estimate of drug-likeness (QED) is 0.769. The summed E-state index contributed by atoms with van der Waals surface area (Å²) < 4.78 is 4.51. The summed E-state index contributed by atoms with van der Waals surface area (Å²) in [6.07, 6.45) is 2.19. The van der Waals surface area contributed by atoms with Crippen LogP contribution < -0.4 is 5.56 Å². The van der Waals surface area contributed by atoms with E-state index in [0.717, 1.165) is 0 Å².